The van der Waals surface area contributed by atoms with E-state index >= 15 is 0 Å². The summed E-state index contributed by atoms with van der Waals surface area (Å²) in [5.41, 5.74) is 1.18. The van der Waals surface area contributed by atoms with Crippen molar-refractivity contribution < 1.29 is 14.7 Å². The summed E-state index contributed by atoms with van der Waals surface area (Å²) in [6.07, 6.45) is 0. The van der Waals surface area contributed by atoms with Crippen LogP contribution in [-0.2, 0) is 9.59 Å². The summed E-state index contributed by atoms with van der Waals surface area (Å²) in [5, 5.41) is 11.2. The van der Waals surface area contributed by atoms with Gasteiger partial charge in [-0.25, -0.2) is 0 Å². The molecule has 1 atom stereocenters. The number of benzene rings is 1. The Balaban J connectivity index is 2.24. The number of carbonyl (C=O) groups is 2. The van der Waals surface area contributed by atoms with Crippen LogP contribution in [0.5, 0.6) is 0 Å². The second-order valence-electron chi connectivity index (χ2n) is 4.00. The minimum atomic E-state index is -0.898. The molecule has 18 heavy (non-hydrogen) atoms. The molecule has 0 aliphatic heterocycles. The first-order valence-electron chi connectivity index (χ1n) is 5.70. The van der Waals surface area contributed by atoms with Crippen molar-refractivity contribution in [3.8, 4) is 0 Å². The average Bonchev–Trinajstić information content (AvgIpc) is 2.36. The van der Waals surface area contributed by atoms with Crippen LogP contribution in [0.15, 0.2) is 30.3 Å². The highest BCUT2D eigenvalue weighted by atomic mass is 32.2. The zero-order valence-corrected chi connectivity index (χ0v) is 11.1. The maximum Gasteiger partial charge on any atom is 0.313 e. The van der Waals surface area contributed by atoms with Crippen LogP contribution in [0, 0.1) is 0 Å². The van der Waals surface area contributed by atoms with Crippen molar-refractivity contribution in [1.29, 1.82) is 0 Å². The van der Waals surface area contributed by atoms with Gasteiger partial charge in [0, 0.05) is 6.54 Å². The van der Waals surface area contributed by atoms with Gasteiger partial charge < -0.3 is 10.4 Å². The first kappa shape index (κ1) is 14.6. The molecule has 0 aliphatic rings. The maximum absolute atomic E-state index is 11.4. The van der Waals surface area contributed by atoms with Crippen molar-refractivity contribution in [2.45, 2.75) is 12.8 Å². The van der Waals surface area contributed by atoms with Crippen molar-refractivity contribution in [1.82, 2.24) is 5.32 Å². The zero-order chi connectivity index (χ0) is 13.4. The number of rotatable bonds is 7. The van der Waals surface area contributed by atoms with Crippen LogP contribution in [-0.4, -0.2) is 35.0 Å². The quantitative estimate of drug-likeness (QED) is 0.789. The number of amides is 1. The van der Waals surface area contributed by atoms with Gasteiger partial charge in [-0.1, -0.05) is 37.3 Å². The second-order valence-corrected chi connectivity index (χ2v) is 4.99. The van der Waals surface area contributed by atoms with Gasteiger partial charge in [-0.3, -0.25) is 9.59 Å². The first-order valence-corrected chi connectivity index (χ1v) is 6.86. The van der Waals surface area contributed by atoms with Gasteiger partial charge in [0.1, 0.15) is 0 Å². The fraction of sp³-hybridized carbons (Fsp3) is 0.385. The van der Waals surface area contributed by atoms with E-state index in [0.29, 0.717) is 6.54 Å². The Bertz CT molecular complexity index is 394. The van der Waals surface area contributed by atoms with E-state index in [1.54, 1.807) is 0 Å². The summed E-state index contributed by atoms with van der Waals surface area (Å²) < 4.78 is 0. The molecule has 0 bridgehead atoms. The lowest BCUT2D eigenvalue weighted by Crippen LogP contribution is -2.29. The molecule has 2 N–H and O–H groups in total. The molecule has 0 saturated carbocycles. The number of carbonyl (C=O) groups excluding carboxylic acids is 1. The van der Waals surface area contributed by atoms with Crippen LogP contribution in [0.2, 0.25) is 0 Å². The lowest BCUT2D eigenvalue weighted by Gasteiger charge is -2.12. The van der Waals surface area contributed by atoms with Crippen LogP contribution in [0.25, 0.3) is 0 Å². The van der Waals surface area contributed by atoms with Crippen LogP contribution in [0.3, 0.4) is 0 Å². The van der Waals surface area contributed by atoms with E-state index < -0.39 is 5.97 Å². The Morgan fingerprint density at radius 1 is 1.28 bits per heavy atom. The van der Waals surface area contributed by atoms with Crippen LogP contribution in [0.1, 0.15) is 18.4 Å². The molecule has 5 heteroatoms. The van der Waals surface area contributed by atoms with Gasteiger partial charge in [-0.2, -0.15) is 0 Å². The maximum atomic E-state index is 11.4. The highest BCUT2D eigenvalue weighted by Crippen LogP contribution is 2.13. The van der Waals surface area contributed by atoms with Gasteiger partial charge in [0.05, 0.1) is 11.5 Å². The summed E-state index contributed by atoms with van der Waals surface area (Å²) in [6, 6.07) is 9.94. The normalized spacial score (nSPS) is 11.8. The molecule has 1 aromatic rings. The molecule has 0 aromatic heterocycles. The van der Waals surface area contributed by atoms with Crippen molar-refractivity contribution in [3.05, 3.63) is 35.9 Å². The molecule has 0 unspecified atom stereocenters. The smallest absolute Gasteiger partial charge is 0.313 e. The van der Waals surface area contributed by atoms with Gasteiger partial charge >= 0.3 is 5.97 Å². The molecule has 4 nitrogen and oxygen atoms in total. The van der Waals surface area contributed by atoms with Crippen LogP contribution < -0.4 is 5.32 Å². The number of carboxylic acid groups (broad SMARTS) is 1. The lowest BCUT2D eigenvalue weighted by atomic mass is 10.0. The average molecular weight is 267 g/mol. The minimum Gasteiger partial charge on any atom is -0.481 e. The van der Waals surface area contributed by atoms with Crippen molar-refractivity contribution in [2.75, 3.05) is 18.1 Å². The first-order chi connectivity index (χ1) is 8.59. The Kier molecular flexibility index (Phi) is 6.28. The van der Waals surface area contributed by atoms with E-state index in [-0.39, 0.29) is 23.3 Å². The van der Waals surface area contributed by atoms with Crippen LogP contribution in [0.4, 0.5) is 0 Å². The molecular weight excluding hydrogens is 250 g/mol. The number of thioether (sulfide) groups is 1. The molecule has 98 valence electrons. The Labute approximate surface area is 111 Å². The standard InChI is InChI=1S/C13H17NO3S/c1-10(11-5-3-2-4-6-11)7-14-12(15)8-18-9-13(16)17/h2-6,10H,7-9H2,1H3,(H,14,15)(H,16,17)/t10-/m1/s1. The van der Waals surface area contributed by atoms with E-state index in [1.165, 1.54) is 5.56 Å². The summed E-state index contributed by atoms with van der Waals surface area (Å²) >= 11 is 1.11. The molecule has 1 aromatic carbocycles. The number of nitrogens with one attached hydrogen (secondary N) is 1. The molecule has 1 amide bonds. The highest BCUT2D eigenvalue weighted by Gasteiger charge is 2.08. The third kappa shape index (κ3) is 5.72. The molecule has 0 fully saturated rings. The fourth-order valence-corrected chi connectivity index (χ4v) is 2.01. The summed E-state index contributed by atoms with van der Waals surface area (Å²) in [6.45, 7) is 2.61. The van der Waals surface area contributed by atoms with Crippen molar-refractivity contribution in [3.63, 3.8) is 0 Å². The molecule has 0 radical (unpaired) electrons. The molecule has 0 heterocycles. The second kappa shape index (κ2) is 7.76. The van der Waals surface area contributed by atoms with Gasteiger partial charge in [0.25, 0.3) is 0 Å². The Hall–Kier alpha value is -1.49. The van der Waals surface area contributed by atoms with Crippen molar-refractivity contribution in [2.24, 2.45) is 0 Å². The molecule has 0 saturated heterocycles. The molecule has 1 rings (SSSR count). The number of carboxylic acids is 1. The summed E-state index contributed by atoms with van der Waals surface area (Å²) in [5.74, 6) is -0.621. The molecule has 0 spiro atoms. The van der Waals surface area contributed by atoms with E-state index in [2.05, 4.69) is 5.32 Å². The van der Waals surface area contributed by atoms with Crippen LogP contribution >= 0.6 is 11.8 Å². The third-order valence-corrected chi connectivity index (χ3v) is 3.35. The van der Waals surface area contributed by atoms with Gasteiger partial charge in [-0.05, 0) is 11.5 Å². The molecular formula is C13H17NO3S. The minimum absolute atomic E-state index is 0.0400. The Morgan fingerprint density at radius 3 is 2.56 bits per heavy atom. The van der Waals surface area contributed by atoms with E-state index in [0.717, 1.165) is 11.8 Å². The predicted molar refractivity (Wildman–Crippen MR) is 72.8 cm³/mol. The summed E-state index contributed by atoms with van der Waals surface area (Å²) in [7, 11) is 0. The summed E-state index contributed by atoms with van der Waals surface area (Å²) in [4.78, 5) is 21.7. The van der Waals surface area contributed by atoms with E-state index in [4.69, 9.17) is 5.11 Å². The topological polar surface area (TPSA) is 66.4 Å². The molecule has 0 aliphatic carbocycles. The fourth-order valence-electron chi connectivity index (χ4n) is 1.45. The highest BCUT2D eigenvalue weighted by molar-refractivity contribution is 8.00. The largest absolute Gasteiger partial charge is 0.481 e. The Morgan fingerprint density at radius 2 is 1.94 bits per heavy atom. The third-order valence-electron chi connectivity index (χ3n) is 2.43. The van der Waals surface area contributed by atoms with E-state index in [9.17, 15) is 9.59 Å². The monoisotopic (exact) mass is 267 g/mol. The van der Waals surface area contributed by atoms with Crippen molar-refractivity contribution >= 4 is 23.6 Å². The van der Waals surface area contributed by atoms with Gasteiger partial charge in [0.2, 0.25) is 5.91 Å². The predicted octanol–water partition coefficient (Wildman–Crippen LogP) is 1.72. The number of aliphatic carboxylic acids is 1. The SMILES string of the molecule is C[C@H](CNC(=O)CSCC(=O)O)c1ccccc1. The van der Waals surface area contributed by atoms with Gasteiger partial charge in [-0.15, -0.1) is 11.8 Å². The zero-order valence-electron chi connectivity index (χ0n) is 10.3. The van der Waals surface area contributed by atoms with Gasteiger partial charge in [0.15, 0.2) is 0 Å². The number of hydrogen-bond donors (Lipinski definition) is 2. The lowest BCUT2D eigenvalue weighted by molar-refractivity contribution is -0.133. The number of hydrogen-bond acceptors (Lipinski definition) is 3. The van der Waals surface area contributed by atoms with E-state index in [1.807, 2.05) is 37.3 Å².